The van der Waals surface area contributed by atoms with Crippen molar-refractivity contribution in [3.63, 3.8) is 0 Å². The lowest BCUT2D eigenvalue weighted by Crippen LogP contribution is -2.23. The van der Waals surface area contributed by atoms with E-state index in [-0.39, 0.29) is 0 Å². The minimum atomic E-state index is -0.551. The van der Waals surface area contributed by atoms with Crippen LogP contribution in [0.5, 0.6) is 0 Å². The van der Waals surface area contributed by atoms with Crippen molar-refractivity contribution in [2.75, 3.05) is 12.3 Å². The van der Waals surface area contributed by atoms with Gasteiger partial charge in [0.05, 0.1) is 10.6 Å². The van der Waals surface area contributed by atoms with Crippen molar-refractivity contribution in [3.05, 3.63) is 16.3 Å². The topological polar surface area (TPSA) is 74.2 Å². The van der Waals surface area contributed by atoms with Gasteiger partial charge < -0.3 is 15.0 Å². The first kappa shape index (κ1) is 13.6. The SMILES string of the molecule is CCOC(C)(C)c1noc(-c2c(N)sc3c2CCC3)n1. The minimum Gasteiger partial charge on any atom is -0.390 e. The van der Waals surface area contributed by atoms with Crippen LogP contribution in [-0.2, 0) is 23.2 Å². The van der Waals surface area contributed by atoms with E-state index in [1.807, 2.05) is 20.8 Å². The molecule has 20 heavy (non-hydrogen) atoms. The van der Waals surface area contributed by atoms with Crippen molar-refractivity contribution >= 4 is 16.3 Å². The number of ether oxygens (including phenoxy) is 1. The Hall–Kier alpha value is -1.40. The predicted octanol–water partition coefficient (Wildman–Crippen LogP) is 3.14. The molecule has 2 heterocycles. The second-order valence-corrected chi connectivity index (χ2v) is 6.60. The van der Waals surface area contributed by atoms with E-state index in [4.69, 9.17) is 15.0 Å². The van der Waals surface area contributed by atoms with Crippen molar-refractivity contribution < 1.29 is 9.26 Å². The molecular weight excluding hydrogens is 274 g/mol. The smallest absolute Gasteiger partial charge is 0.261 e. The summed E-state index contributed by atoms with van der Waals surface area (Å²) in [5, 5.41) is 4.84. The lowest BCUT2D eigenvalue weighted by atomic mass is 10.1. The van der Waals surface area contributed by atoms with E-state index in [1.54, 1.807) is 11.3 Å². The predicted molar refractivity (Wildman–Crippen MR) is 78.7 cm³/mol. The Balaban J connectivity index is 1.99. The van der Waals surface area contributed by atoms with Crippen LogP contribution >= 0.6 is 11.3 Å². The molecule has 2 aromatic rings. The fraction of sp³-hybridized carbons (Fsp3) is 0.571. The van der Waals surface area contributed by atoms with Crippen LogP contribution in [0.1, 0.15) is 43.5 Å². The summed E-state index contributed by atoms with van der Waals surface area (Å²) < 4.78 is 11.1. The molecule has 6 heteroatoms. The van der Waals surface area contributed by atoms with E-state index < -0.39 is 5.60 Å². The zero-order valence-electron chi connectivity index (χ0n) is 12.0. The first-order valence-electron chi connectivity index (χ1n) is 6.91. The molecule has 0 atom stereocenters. The minimum absolute atomic E-state index is 0.518. The van der Waals surface area contributed by atoms with Crippen molar-refractivity contribution in [1.29, 1.82) is 0 Å². The summed E-state index contributed by atoms with van der Waals surface area (Å²) in [6, 6.07) is 0. The second kappa shape index (κ2) is 4.86. The number of aromatic nitrogens is 2. The molecule has 1 aliphatic rings. The van der Waals surface area contributed by atoms with Crippen LogP contribution in [-0.4, -0.2) is 16.7 Å². The Morgan fingerprint density at radius 1 is 1.40 bits per heavy atom. The molecule has 0 saturated carbocycles. The van der Waals surface area contributed by atoms with Gasteiger partial charge in [-0.2, -0.15) is 4.98 Å². The number of anilines is 1. The van der Waals surface area contributed by atoms with Crippen LogP contribution in [0.2, 0.25) is 0 Å². The van der Waals surface area contributed by atoms with Crippen LogP contribution in [0.25, 0.3) is 11.5 Å². The number of fused-ring (bicyclic) bond motifs is 1. The van der Waals surface area contributed by atoms with Gasteiger partial charge in [0.1, 0.15) is 5.60 Å². The largest absolute Gasteiger partial charge is 0.390 e. The van der Waals surface area contributed by atoms with Gasteiger partial charge in [-0.1, -0.05) is 5.16 Å². The van der Waals surface area contributed by atoms with Gasteiger partial charge in [-0.25, -0.2) is 0 Å². The van der Waals surface area contributed by atoms with Gasteiger partial charge in [-0.15, -0.1) is 11.3 Å². The summed E-state index contributed by atoms with van der Waals surface area (Å²) in [4.78, 5) is 5.87. The van der Waals surface area contributed by atoms with Crippen LogP contribution in [0, 0.1) is 0 Å². The van der Waals surface area contributed by atoms with Crippen LogP contribution in [0.4, 0.5) is 5.00 Å². The van der Waals surface area contributed by atoms with E-state index in [1.165, 1.54) is 16.9 Å². The number of nitrogen functional groups attached to an aromatic ring is 1. The fourth-order valence-electron chi connectivity index (χ4n) is 2.65. The van der Waals surface area contributed by atoms with Gasteiger partial charge in [-0.3, -0.25) is 0 Å². The van der Waals surface area contributed by atoms with Crippen molar-refractivity contribution in [3.8, 4) is 11.5 Å². The molecule has 2 aromatic heterocycles. The van der Waals surface area contributed by atoms with Crippen LogP contribution < -0.4 is 5.73 Å². The third-order valence-corrected chi connectivity index (χ3v) is 4.75. The Labute approximate surface area is 122 Å². The van der Waals surface area contributed by atoms with Gasteiger partial charge in [0, 0.05) is 11.5 Å². The third-order valence-electron chi connectivity index (χ3n) is 3.63. The molecule has 0 aromatic carbocycles. The number of hydrogen-bond donors (Lipinski definition) is 1. The zero-order chi connectivity index (χ0) is 14.3. The van der Waals surface area contributed by atoms with Gasteiger partial charge in [0.2, 0.25) is 5.82 Å². The first-order valence-corrected chi connectivity index (χ1v) is 7.73. The maximum absolute atomic E-state index is 6.12. The summed E-state index contributed by atoms with van der Waals surface area (Å²) in [6.07, 6.45) is 3.33. The zero-order valence-corrected chi connectivity index (χ0v) is 12.8. The Kier molecular flexibility index (Phi) is 3.30. The lowest BCUT2D eigenvalue weighted by Gasteiger charge is -2.19. The average molecular weight is 293 g/mol. The molecule has 1 aliphatic carbocycles. The highest BCUT2D eigenvalue weighted by molar-refractivity contribution is 7.16. The molecule has 0 radical (unpaired) electrons. The molecule has 2 N–H and O–H groups in total. The Morgan fingerprint density at radius 3 is 2.95 bits per heavy atom. The molecular formula is C14H19N3O2S. The number of hydrogen-bond acceptors (Lipinski definition) is 6. The van der Waals surface area contributed by atoms with Crippen LogP contribution in [0.15, 0.2) is 4.52 Å². The fourth-order valence-corrected chi connectivity index (χ4v) is 3.81. The highest BCUT2D eigenvalue weighted by Gasteiger charge is 2.30. The molecule has 5 nitrogen and oxygen atoms in total. The highest BCUT2D eigenvalue weighted by atomic mass is 32.1. The van der Waals surface area contributed by atoms with E-state index in [0.717, 1.165) is 23.4 Å². The highest BCUT2D eigenvalue weighted by Crippen LogP contribution is 2.43. The monoisotopic (exact) mass is 293 g/mol. The number of thiophene rings is 1. The maximum atomic E-state index is 6.12. The van der Waals surface area contributed by atoms with Gasteiger partial charge in [0.25, 0.3) is 5.89 Å². The standard InChI is InChI=1S/C14H19N3O2S/c1-4-18-14(2,3)13-16-12(19-17-13)10-8-6-5-7-9(8)20-11(10)15/h4-7,15H2,1-3H3. The molecule has 0 spiro atoms. The molecule has 0 bridgehead atoms. The quantitative estimate of drug-likeness (QED) is 0.937. The molecule has 108 valence electrons. The first-order chi connectivity index (χ1) is 9.53. The molecule has 3 rings (SSSR count). The van der Waals surface area contributed by atoms with Gasteiger partial charge in [0.15, 0.2) is 0 Å². The van der Waals surface area contributed by atoms with E-state index >= 15 is 0 Å². The summed E-state index contributed by atoms with van der Waals surface area (Å²) in [7, 11) is 0. The summed E-state index contributed by atoms with van der Waals surface area (Å²) in [5.74, 6) is 1.08. The second-order valence-electron chi connectivity index (χ2n) is 5.46. The van der Waals surface area contributed by atoms with Crippen molar-refractivity contribution in [2.24, 2.45) is 0 Å². The van der Waals surface area contributed by atoms with E-state index in [9.17, 15) is 0 Å². The number of nitrogens with zero attached hydrogens (tertiary/aromatic N) is 2. The summed E-state index contributed by atoms with van der Waals surface area (Å²) >= 11 is 1.64. The van der Waals surface area contributed by atoms with E-state index in [2.05, 4.69) is 10.1 Å². The van der Waals surface area contributed by atoms with Crippen molar-refractivity contribution in [2.45, 2.75) is 45.6 Å². The Morgan fingerprint density at radius 2 is 2.20 bits per heavy atom. The Bertz CT molecular complexity index is 630. The maximum Gasteiger partial charge on any atom is 0.261 e. The van der Waals surface area contributed by atoms with Crippen molar-refractivity contribution in [1.82, 2.24) is 10.1 Å². The summed E-state index contributed by atoms with van der Waals surface area (Å²) in [5.41, 5.74) is 7.80. The number of nitrogens with two attached hydrogens (primary N) is 1. The number of aryl methyl sites for hydroxylation is 1. The third kappa shape index (κ3) is 2.13. The molecule has 0 unspecified atom stereocenters. The average Bonchev–Trinajstić information content (AvgIpc) is 3.03. The van der Waals surface area contributed by atoms with Gasteiger partial charge in [-0.05, 0) is 45.6 Å². The molecule has 0 aliphatic heterocycles. The summed E-state index contributed by atoms with van der Waals surface area (Å²) in [6.45, 7) is 6.43. The molecule has 0 amide bonds. The number of rotatable bonds is 4. The van der Waals surface area contributed by atoms with Gasteiger partial charge >= 0.3 is 0 Å². The van der Waals surface area contributed by atoms with Crippen LogP contribution in [0.3, 0.4) is 0 Å². The normalized spacial score (nSPS) is 14.8. The van der Waals surface area contributed by atoms with E-state index in [0.29, 0.717) is 18.3 Å². The molecule has 0 saturated heterocycles. The molecule has 0 fully saturated rings. The lowest BCUT2D eigenvalue weighted by molar-refractivity contribution is -0.0221.